The zero-order valence-electron chi connectivity index (χ0n) is 15.7. The van der Waals surface area contributed by atoms with Crippen molar-refractivity contribution in [2.45, 2.75) is 23.8 Å². The summed E-state index contributed by atoms with van der Waals surface area (Å²) in [5.41, 5.74) is 6.13. The Morgan fingerprint density at radius 3 is 2.07 bits per heavy atom. The summed E-state index contributed by atoms with van der Waals surface area (Å²) < 4.78 is 38.4. The van der Waals surface area contributed by atoms with Crippen LogP contribution in [0.5, 0.6) is 17.2 Å². The van der Waals surface area contributed by atoms with Crippen LogP contribution in [-0.2, 0) is 10.0 Å². The van der Waals surface area contributed by atoms with Crippen LogP contribution in [0.1, 0.15) is 12.8 Å². The van der Waals surface area contributed by atoms with Gasteiger partial charge in [-0.1, -0.05) is 0 Å². The summed E-state index contributed by atoms with van der Waals surface area (Å²) in [7, 11) is -1.89. The Hall–Kier alpha value is -1.80. The van der Waals surface area contributed by atoms with E-state index in [0.29, 0.717) is 30.5 Å². The van der Waals surface area contributed by atoms with Gasteiger partial charge in [-0.3, -0.25) is 0 Å². The first kappa shape index (κ1) is 20.9. The Kier molecular flexibility index (Phi) is 6.19. The fourth-order valence-electron chi connectivity index (χ4n) is 4.07. The van der Waals surface area contributed by atoms with E-state index in [1.165, 1.54) is 0 Å². The van der Waals surface area contributed by atoms with Crippen molar-refractivity contribution in [1.82, 2.24) is 4.31 Å². The molecule has 8 heteroatoms. The molecule has 2 N–H and O–H groups in total. The maximum absolute atomic E-state index is 12.9. The largest absolute Gasteiger partial charge is 0.497 e. The molecular formula is C20H25ClN2O4S. The smallest absolute Gasteiger partial charge is 0.243 e. The Labute approximate surface area is 172 Å². The van der Waals surface area contributed by atoms with Crippen LogP contribution in [0.25, 0.3) is 0 Å². The second kappa shape index (κ2) is 8.29. The summed E-state index contributed by atoms with van der Waals surface area (Å²) in [5, 5.41) is 0. The first-order valence-corrected chi connectivity index (χ1v) is 10.6. The van der Waals surface area contributed by atoms with Gasteiger partial charge in [0.1, 0.15) is 17.2 Å². The average Bonchev–Trinajstić information content (AvgIpc) is 3.26. The van der Waals surface area contributed by atoms with E-state index >= 15 is 0 Å². The topological polar surface area (TPSA) is 81.9 Å². The van der Waals surface area contributed by atoms with Gasteiger partial charge in [0.25, 0.3) is 0 Å². The van der Waals surface area contributed by atoms with E-state index < -0.39 is 10.0 Å². The third kappa shape index (κ3) is 3.98. The second-order valence-electron chi connectivity index (χ2n) is 7.24. The van der Waals surface area contributed by atoms with Gasteiger partial charge in [-0.2, -0.15) is 4.31 Å². The molecule has 0 spiro atoms. The molecule has 1 saturated carbocycles. The number of rotatable bonds is 5. The van der Waals surface area contributed by atoms with Gasteiger partial charge in [-0.15, -0.1) is 12.4 Å². The number of sulfonamides is 1. The number of hydrogen-bond donors (Lipinski definition) is 1. The molecule has 28 heavy (non-hydrogen) atoms. The van der Waals surface area contributed by atoms with Crippen molar-refractivity contribution in [3.8, 4) is 17.2 Å². The third-order valence-electron chi connectivity index (χ3n) is 5.64. The number of benzene rings is 2. The molecule has 3 atom stereocenters. The Morgan fingerprint density at radius 2 is 1.50 bits per heavy atom. The predicted molar refractivity (Wildman–Crippen MR) is 110 cm³/mol. The van der Waals surface area contributed by atoms with Gasteiger partial charge in [-0.25, -0.2) is 8.42 Å². The second-order valence-corrected chi connectivity index (χ2v) is 9.17. The molecule has 0 aromatic heterocycles. The van der Waals surface area contributed by atoms with Gasteiger partial charge in [0.15, 0.2) is 0 Å². The average molecular weight is 425 g/mol. The lowest BCUT2D eigenvalue weighted by Gasteiger charge is -2.18. The van der Waals surface area contributed by atoms with Crippen LogP contribution in [0.3, 0.4) is 0 Å². The Balaban J connectivity index is 0.00000225. The highest BCUT2D eigenvalue weighted by molar-refractivity contribution is 7.89. The lowest BCUT2D eigenvalue weighted by molar-refractivity contribution is 0.413. The van der Waals surface area contributed by atoms with E-state index in [2.05, 4.69) is 0 Å². The molecule has 2 fully saturated rings. The number of nitrogens with zero attached hydrogens (tertiary/aromatic N) is 1. The summed E-state index contributed by atoms with van der Waals surface area (Å²) in [5.74, 6) is 2.68. The number of hydrogen-bond acceptors (Lipinski definition) is 5. The van der Waals surface area contributed by atoms with E-state index in [9.17, 15) is 8.42 Å². The van der Waals surface area contributed by atoms with Crippen LogP contribution >= 0.6 is 12.4 Å². The quantitative estimate of drug-likeness (QED) is 0.796. The maximum atomic E-state index is 12.9. The van der Waals surface area contributed by atoms with Gasteiger partial charge >= 0.3 is 0 Å². The summed E-state index contributed by atoms with van der Waals surface area (Å²) in [6, 6.07) is 13.9. The number of nitrogens with two attached hydrogens (primary N) is 1. The van der Waals surface area contributed by atoms with Crippen molar-refractivity contribution in [1.29, 1.82) is 0 Å². The SMILES string of the molecule is COc1ccc(Oc2ccc(S(=O)(=O)N3CC4CCC(N)C4C3)cc2)cc1.Cl. The lowest BCUT2D eigenvalue weighted by Crippen LogP contribution is -2.33. The first-order chi connectivity index (χ1) is 13.0. The van der Waals surface area contributed by atoms with Crippen LogP contribution < -0.4 is 15.2 Å². The normalized spacial score (nSPS) is 24.4. The minimum atomic E-state index is -3.50. The standard InChI is InChI=1S/C20H24N2O4S.ClH/c1-25-15-3-5-16(6-4-15)26-17-7-9-18(10-8-17)27(23,24)22-12-14-2-11-20(21)19(14)13-22;/h3-10,14,19-20H,2,11-13,21H2,1H3;1H. The summed E-state index contributed by atoms with van der Waals surface area (Å²) in [4.78, 5) is 0.290. The van der Waals surface area contributed by atoms with Crippen LogP contribution in [0, 0.1) is 11.8 Å². The molecule has 152 valence electrons. The number of methoxy groups -OCH3 is 1. The zero-order valence-corrected chi connectivity index (χ0v) is 17.3. The van der Waals surface area contributed by atoms with Crippen molar-refractivity contribution in [2.75, 3.05) is 20.2 Å². The molecule has 0 amide bonds. The molecule has 0 radical (unpaired) electrons. The zero-order chi connectivity index (χ0) is 19.0. The highest BCUT2D eigenvalue weighted by atomic mass is 35.5. The molecule has 1 saturated heterocycles. The fourth-order valence-corrected chi connectivity index (χ4v) is 5.61. The molecule has 1 aliphatic carbocycles. The van der Waals surface area contributed by atoms with Crippen LogP contribution in [-0.4, -0.2) is 39.0 Å². The molecule has 2 aliphatic rings. The van der Waals surface area contributed by atoms with E-state index in [4.69, 9.17) is 15.2 Å². The van der Waals surface area contributed by atoms with Crippen molar-refractivity contribution < 1.29 is 17.9 Å². The van der Waals surface area contributed by atoms with Crippen LogP contribution in [0.4, 0.5) is 0 Å². The minimum Gasteiger partial charge on any atom is -0.497 e. The third-order valence-corrected chi connectivity index (χ3v) is 7.48. The first-order valence-electron chi connectivity index (χ1n) is 9.15. The van der Waals surface area contributed by atoms with Crippen LogP contribution in [0.15, 0.2) is 53.4 Å². The van der Waals surface area contributed by atoms with E-state index in [-0.39, 0.29) is 29.3 Å². The number of ether oxygens (including phenoxy) is 2. The molecule has 2 aromatic carbocycles. The molecule has 3 unspecified atom stereocenters. The number of halogens is 1. The molecule has 0 bridgehead atoms. The summed E-state index contributed by atoms with van der Waals surface area (Å²) in [6.45, 7) is 1.10. The fraction of sp³-hybridized carbons (Fsp3) is 0.400. The Morgan fingerprint density at radius 1 is 0.929 bits per heavy atom. The minimum absolute atomic E-state index is 0. The van der Waals surface area contributed by atoms with E-state index in [1.807, 2.05) is 12.1 Å². The molecule has 6 nitrogen and oxygen atoms in total. The molecule has 2 aromatic rings. The number of fused-ring (bicyclic) bond motifs is 1. The van der Waals surface area contributed by atoms with Gasteiger partial charge in [0.05, 0.1) is 12.0 Å². The van der Waals surface area contributed by atoms with Crippen molar-refractivity contribution in [3.63, 3.8) is 0 Å². The summed E-state index contributed by atoms with van der Waals surface area (Å²) in [6.07, 6.45) is 2.02. The predicted octanol–water partition coefficient (Wildman–Crippen LogP) is 3.27. The Bertz CT molecular complexity index is 903. The van der Waals surface area contributed by atoms with E-state index in [1.54, 1.807) is 47.8 Å². The van der Waals surface area contributed by atoms with Gasteiger partial charge < -0.3 is 15.2 Å². The van der Waals surface area contributed by atoms with Gasteiger partial charge in [-0.05, 0) is 73.2 Å². The molecular weight excluding hydrogens is 400 g/mol. The maximum Gasteiger partial charge on any atom is 0.243 e. The van der Waals surface area contributed by atoms with Gasteiger partial charge in [0.2, 0.25) is 10.0 Å². The monoisotopic (exact) mass is 424 g/mol. The molecule has 1 heterocycles. The van der Waals surface area contributed by atoms with Crippen molar-refractivity contribution >= 4 is 22.4 Å². The van der Waals surface area contributed by atoms with Crippen molar-refractivity contribution in [3.05, 3.63) is 48.5 Å². The molecule has 4 rings (SSSR count). The van der Waals surface area contributed by atoms with E-state index in [0.717, 1.165) is 18.6 Å². The summed E-state index contributed by atoms with van der Waals surface area (Å²) >= 11 is 0. The van der Waals surface area contributed by atoms with Gasteiger partial charge in [0, 0.05) is 19.1 Å². The van der Waals surface area contributed by atoms with Crippen molar-refractivity contribution in [2.24, 2.45) is 17.6 Å². The highest BCUT2D eigenvalue weighted by Crippen LogP contribution is 2.39. The molecule has 1 aliphatic heterocycles. The lowest BCUT2D eigenvalue weighted by atomic mass is 9.98. The highest BCUT2D eigenvalue weighted by Gasteiger charge is 2.45. The van der Waals surface area contributed by atoms with Crippen LogP contribution in [0.2, 0.25) is 0 Å².